The van der Waals surface area contributed by atoms with E-state index < -0.39 is 16.0 Å². The van der Waals surface area contributed by atoms with Crippen molar-refractivity contribution in [2.45, 2.75) is 11.4 Å². The van der Waals surface area contributed by atoms with E-state index in [1.165, 1.54) is 35.9 Å². The molecule has 0 atom stereocenters. The maximum atomic E-state index is 12.7. The Kier molecular flexibility index (Phi) is 4.77. The van der Waals surface area contributed by atoms with Crippen molar-refractivity contribution in [1.82, 2.24) is 4.57 Å². The van der Waals surface area contributed by atoms with Gasteiger partial charge in [-0.1, -0.05) is 22.9 Å². The van der Waals surface area contributed by atoms with Crippen LogP contribution in [0.5, 0.6) is 11.5 Å². The molecule has 8 nitrogen and oxygen atoms in total. The average Bonchev–Trinajstić information content (AvgIpc) is 3.24. The minimum atomic E-state index is -4.01. The van der Waals surface area contributed by atoms with Crippen LogP contribution in [0.4, 0.5) is 0 Å². The highest BCUT2D eigenvalue weighted by Gasteiger charge is 2.20. The van der Waals surface area contributed by atoms with E-state index in [9.17, 15) is 13.2 Å². The lowest BCUT2D eigenvalue weighted by atomic mass is 10.3. The zero-order valence-electron chi connectivity index (χ0n) is 14.4. The van der Waals surface area contributed by atoms with Gasteiger partial charge in [-0.25, -0.2) is 0 Å². The lowest BCUT2D eigenvalue weighted by molar-refractivity contribution is -0.141. The van der Waals surface area contributed by atoms with Gasteiger partial charge in [0.05, 0.1) is 22.2 Å². The number of carbonyl (C=O) groups excluding carboxylic acids is 1. The maximum absolute atomic E-state index is 12.7. The first-order chi connectivity index (χ1) is 13.4. The fourth-order valence-corrected chi connectivity index (χ4v) is 5.01. The van der Waals surface area contributed by atoms with Crippen LogP contribution in [0.25, 0.3) is 10.2 Å². The topological polar surface area (TPSA) is 96.2 Å². The number of fused-ring (bicyclic) bond motifs is 2. The SMILES string of the molecule is COC(=O)Cn1/c(=N/S(=O)(=O)c2ccc(Cl)cc2)sc2cc3c(cc21)OCO3. The normalized spacial score (nSPS) is 13.9. The van der Waals surface area contributed by atoms with Crippen molar-refractivity contribution >= 4 is 49.1 Å². The molecule has 11 heteroatoms. The molecule has 0 saturated carbocycles. The van der Waals surface area contributed by atoms with Crippen molar-refractivity contribution in [3.63, 3.8) is 0 Å². The van der Waals surface area contributed by atoms with Crippen LogP contribution in [0, 0.1) is 0 Å². The third kappa shape index (κ3) is 3.46. The summed E-state index contributed by atoms with van der Waals surface area (Å²) in [5, 5.41) is 0.413. The molecule has 2 aromatic carbocycles. The van der Waals surface area contributed by atoms with Gasteiger partial charge in [0.2, 0.25) is 11.6 Å². The second kappa shape index (κ2) is 7.12. The van der Waals surface area contributed by atoms with E-state index in [1.807, 2.05) is 0 Å². The highest BCUT2D eigenvalue weighted by Crippen LogP contribution is 2.37. The van der Waals surface area contributed by atoms with Crippen molar-refractivity contribution in [3.05, 3.63) is 46.2 Å². The number of rotatable bonds is 4. The van der Waals surface area contributed by atoms with Crippen LogP contribution in [-0.2, 0) is 26.1 Å². The van der Waals surface area contributed by atoms with Gasteiger partial charge < -0.3 is 18.8 Å². The fourth-order valence-electron chi connectivity index (χ4n) is 2.64. The molecule has 1 aliphatic rings. The molecular weight excluding hydrogens is 428 g/mol. The number of esters is 1. The second-order valence-electron chi connectivity index (χ2n) is 5.74. The lowest BCUT2D eigenvalue weighted by Gasteiger charge is -2.05. The van der Waals surface area contributed by atoms with E-state index in [0.717, 1.165) is 11.3 Å². The van der Waals surface area contributed by atoms with Gasteiger partial charge in [-0.2, -0.15) is 8.42 Å². The number of aromatic nitrogens is 1. The number of halogens is 1. The van der Waals surface area contributed by atoms with Gasteiger partial charge in [0.1, 0.15) is 6.54 Å². The van der Waals surface area contributed by atoms with Crippen LogP contribution in [-0.4, -0.2) is 32.9 Å². The summed E-state index contributed by atoms with van der Waals surface area (Å²) in [5.74, 6) is 0.518. The molecule has 3 aromatic rings. The first-order valence-corrected chi connectivity index (χ1v) is 10.6. The molecule has 2 heterocycles. The van der Waals surface area contributed by atoms with Gasteiger partial charge >= 0.3 is 5.97 Å². The number of methoxy groups -OCH3 is 1. The maximum Gasteiger partial charge on any atom is 0.325 e. The van der Waals surface area contributed by atoms with Crippen molar-refractivity contribution < 1.29 is 27.4 Å². The molecule has 0 fully saturated rings. The van der Waals surface area contributed by atoms with E-state index >= 15 is 0 Å². The summed E-state index contributed by atoms with van der Waals surface area (Å²) in [7, 11) is -2.76. The summed E-state index contributed by atoms with van der Waals surface area (Å²) in [5.41, 5.74) is 0.588. The fraction of sp³-hybridized carbons (Fsp3) is 0.176. The Labute approximate surface area is 168 Å². The number of nitrogens with zero attached hydrogens (tertiary/aromatic N) is 2. The third-order valence-electron chi connectivity index (χ3n) is 4.00. The smallest absolute Gasteiger partial charge is 0.325 e. The molecule has 1 aliphatic heterocycles. The summed E-state index contributed by atoms with van der Waals surface area (Å²) in [6.07, 6.45) is 0. The Bertz CT molecular complexity index is 1250. The van der Waals surface area contributed by atoms with Gasteiger partial charge in [-0.3, -0.25) is 4.79 Å². The van der Waals surface area contributed by atoms with Crippen molar-refractivity contribution in [2.75, 3.05) is 13.9 Å². The molecule has 0 radical (unpaired) electrons. The minimum Gasteiger partial charge on any atom is -0.468 e. The zero-order valence-corrected chi connectivity index (χ0v) is 16.8. The number of hydrogen-bond acceptors (Lipinski definition) is 7. The van der Waals surface area contributed by atoms with Gasteiger partial charge in [0, 0.05) is 17.2 Å². The summed E-state index contributed by atoms with van der Waals surface area (Å²) in [6, 6.07) is 9.09. The highest BCUT2D eigenvalue weighted by atomic mass is 35.5. The number of carbonyl (C=O) groups is 1. The Morgan fingerprint density at radius 1 is 1.25 bits per heavy atom. The number of hydrogen-bond donors (Lipinski definition) is 0. The van der Waals surface area contributed by atoms with Crippen LogP contribution < -0.4 is 14.3 Å². The largest absolute Gasteiger partial charge is 0.468 e. The van der Waals surface area contributed by atoms with E-state index in [2.05, 4.69) is 4.40 Å². The quantitative estimate of drug-likeness (QED) is 0.578. The first-order valence-electron chi connectivity index (χ1n) is 7.94. The molecule has 0 saturated heterocycles. The number of ether oxygens (including phenoxy) is 3. The van der Waals surface area contributed by atoms with Crippen LogP contribution >= 0.6 is 22.9 Å². The average molecular weight is 441 g/mol. The predicted octanol–water partition coefficient (Wildman–Crippen LogP) is 2.55. The van der Waals surface area contributed by atoms with Crippen molar-refractivity contribution in [1.29, 1.82) is 0 Å². The van der Waals surface area contributed by atoms with Gasteiger partial charge in [0.15, 0.2) is 11.5 Å². The summed E-state index contributed by atoms with van der Waals surface area (Å²) in [4.78, 5) is 12.0. The Balaban J connectivity index is 1.92. The molecule has 0 aliphatic carbocycles. The highest BCUT2D eigenvalue weighted by molar-refractivity contribution is 7.90. The molecule has 0 spiro atoms. The molecule has 28 heavy (non-hydrogen) atoms. The number of thiazole rings is 1. The number of sulfonamides is 1. The zero-order chi connectivity index (χ0) is 19.9. The first kappa shape index (κ1) is 18.8. The molecule has 0 bridgehead atoms. The molecular formula is C17H13ClN2O6S2. The third-order valence-corrected chi connectivity index (χ3v) is 6.69. The van der Waals surface area contributed by atoms with Crippen molar-refractivity contribution in [3.8, 4) is 11.5 Å². The second-order valence-corrected chi connectivity index (χ2v) is 8.79. The van der Waals surface area contributed by atoms with Gasteiger partial charge in [-0.15, -0.1) is 4.40 Å². The molecule has 0 N–H and O–H groups in total. The molecule has 1 aromatic heterocycles. The monoisotopic (exact) mass is 440 g/mol. The van der Waals surface area contributed by atoms with Crippen LogP contribution in [0.2, 0.25) is 5.02 Å². The number of benzene rings is 2. The van der Waals surface area contributed by atoms with E-state index in [-0.39, 0.29) is 23.0 Å². The predicted molar refractivity (Wildman–Crippen MR) is 102 cm³/mol. The summed E-state index contributed by atoms with van der Waals surface area (Å²) >= 11 is 6.93. The lowest BCUT2D eigenvalue weighted by Crippen LogP contribution is -2.22. The van der Waals surface area contributed by atoms with Crippen LogP contribution in [0.3, 0.4) is 0 Å². The van der Waals surface area contributed by atoms with Crippen LogP contribution in [0.1, 0.15) is 0 Å². The Morgan fingerprint density at radius 3 is 2.61 bits per heavy atom. The summed E-state index contributed by atoms with van der Waals surface area (Å²) < 4.78 is 47.0. The Hall–Kier alpha value is -2.56. The van der Waals surface area contributed by atoms with Crippen LogP contribution in [0.15, 0.2) is 45.7 Å². The van der Waals surface area contributed by atoms with Gasteiger partial charge in [-0.05, 0) is 24.3 Å². The Morgan fingerprint density at radius 2 is 1.93 bits per heavy atom. The molecule has 146 valence electrons. The van der Waals surface area contributed by atoms with Crippen molar-refractivity contribution in [2.24, 2.45) is 4.40 Å². The molecule has 4 rings (SSSR count). The minimum absolute atomic E-state index is 0.00636. The van der Waals surface area contributed by atoms with E-state index in [0.29, 0.717) is 26.7 Å². The van der Waals surface area contributed by atoms with Gasteiger partial charge in [0.25, 0.3) is 10.0 Å². The molecule has 0 unspecified atom stereocenters. The standard InChI is InChI=1S/C17H13ClN2O6S2/c1-24-16(21)8-20-12-6-13-14(26-9-25-13)7-15(12)27-17(20)19-28(22,23)11-4-2-10(18)3-5-11/h2-7H,8-9H2,1H3/b19-17-. The summed E-state index contributed by atoms with van der Waals surface area (Å²) in [6.45, 7) is -0.100. The molecule has 0 amide bonds. The van der Waals surface area contributed by atoms with E-state index in [4.69, 9.17) is 25.8 Å². The van der Waals surface area contributed by atoms with E-state index in [1.54, 1.807) is 12.1 Å².